The van der Waals surface area contributed by atoms with Gasteiger partial charge >= 0.3 is 6.18 Å². The van der Waals surface area contributed by atoms with Crippen molar-refractivity contribution in [2.75, 3.05) is 11.1 Å². The molecule has 1 aliphatic rings. The van der Waals surface area contributed by atoms with Gasteiger partial charge in [-0.05, 0) is 38.0 Å². The van der Waals surface area contributed by atoms with E-state index in [-0.39, 0.29) is 22.6 Å². The van der Waals surface area contributed by atoms with Crippen LogP contribution in [0, 0.1) is 11.6 Å². The molecule has 2 heterocycles. The van der Waals surface area contributed by atoms with Crippen molar-refractivity contribution < 1.29 is 31.5 Å². The number of anilines is 3. The second-order valence-corrected chi connectivity index (χ2v) is 8.61. The molecular weight excluding hydrogens is 499 g/mol. The van der Waals surface area contributed by atoms with Crippen LogP contribution in [0.1, 0.15) is 47.4 Å². The third kappa shape index (κ3) is 5.60. The largest absolute Gasteiger partial charge is 0.418 e. The van der Waals surface area contributed by atoms with Crippen LogP contribution in [0.4, 0.5) is 39.0 Å². The summed E-state index contributed by atoms with van der Waals surface area (Å²) in [6.07, 6.45) is -0.434. The van der Waals surface area contributed by atoms with Crippen molar-refractivity contribution >= 4 is 28.9 Å². The van der Waals surface area contributed by atoms with Crippen molar-refractivity contribution in [2.24, 2.45) is 0 Å². The standard InChI is InChI=1S/C24H21F5N6O2/c1-12(33-22(37)23(5-6-23)35-21(36)13-7-14(30)10-31-9-13)19-18(26)8-15(11-32-19)34-20-16(24(27,28)29)3-2-4-17(20)25/h2-4,7-12,34H,5-6,30H2,1H3,(H,33,37)(H,35,36). The van der Waals surface area contributed by atoms with Gasteiger partial charge in [-0.1, -0.05) is 6.07 Å². The number of pyridine rings is 2. The van der Waals surface area contributed by atoms with E-state index in [0.29, 0.717) is 18.9 Å². The number of carbonyl (C=O) groups is 2. The Hall–Kier alpha value is -4.29. The van der Waals surface area contributed by atoms with E-state index < -0.39 is 52.5 Å². The minimum atomic E-state index is -4.84. The molecule has 0 aliphatic heterocycles. The third-order valence-corrected chi connectivity index (χ3v) is 5.77. The Balaban J connectivity index is 1.45. The van der Waals surface area contributed by atoms with Crippen molar-refractivity contribution in [2.45, 2.75) is 37.5 Å². The fourth-order valence-electron chi connectivity index (χ4n) is 3.68. The SMILES string of the molecule is CC(NC(=O)C1(NC(=O)c2cncc(N)c2)CC1)c1ncc(Nc2c(F)cccc2C(F)(F)F)cc1F. The van der Waals surface area contributed by atoms with Crippen LogP contribution in [0.2, 0.25) is 0 Å². The molecule has 1 fully saturated rings. The highest BCUT2D eigenvalue weighted by Gasteiger charge is 2.51. The van der Waals surface area contributed by atoms with Crippen LogP contribution >= 0.6 is 0 Å². The summed E-state index contributed by atoms with van der Waals surface area (Å²) in [5.74, 6) is -3.23. The lowest BCUT2D eigenvalue weighted by molar-refractivity contribution is -0.137. The number of nitrogens with two attached hydrogens (primary N) is 1. The number of aromatic nitrogens is 2. The molecule has 194 valence electrons. The molecule has 2 amide bonds. The fraction of sp³-hybridized carbons (Fsp3) is 0.250. The van der Waals surface area contributed by atoms with Gasteiger partial charge in [0.1, 0.15) is 17.2 Å². The number of benzene rings is 1. The molecule has 1 saturated carbocycles. The maximum absolute atomic E-state index is 14.8. The van der Waals surface area contributed by atoms with Gasteiger partial charge < -0.3 is 21.7 Å². The molecule has 4 rings (SSSR count). The monoisotopic (exact) mass is 520 g/mol. The number of hydrogen-bond acceptors (Lipinski definition) is 6. The minimum absolute atomic E-state index is 0.173. The Morgan fingerprint density at radius 1 is 1.08 bits per heavy atom. The Morgan fingerprint density at radius 2 is 1.81 bits per heavy atom. The van der Waals surface area contributed by atoms with E-state index >= 15 is 0 Å². The van der Waals surface area contributed by atoms with Crippen molar-refractivity contribution in [1.29, 1.82) is 0 Å². The van der Waals surface area contributed by atoms with E-state index in [1.807, 2.05) is 0 Å². The maximum atomic E-state index is 14.8. The number of rotatable bonds is 7. The molecule has 13 heteroatoms. The van der Waals surface area contributed by atoms with Gasteiger partial charge in [-0.3, -0.25) is 19.6 Å². The van der Waals surface area contributed by atoms with Gasteiger partial charge in [-0.15, -0.1) is 0 Å². The molecule has 0 bridgehead atoms. The summed E-state index contributed by atoms with van der Waals surface area (Å²) < 4.78 is 68.6. The first-order valence-corrected chi connectivity index (χ1v) is 11.0. The highest BCUT2D eigenvalue weighted by Crippen LogP contribution is 2.38. The zero-order chi connectivity index (χ0) is 27.0. The average Bonchev–Trinajstić information content (AvgIpc) is 3.60. The lowest BCUT2D eigenvalue weighted by Gasteiger charge is -2.21. The molecule has 1 atom stereocenters. The number of nitrogens with zero attached hydrogens (tertiary/aromatic N) is 2. The predicted molar refractivity (Wildman–Crippen MR) is 124 cm³/mol. The lowest BCUT2D eigenvalue weighted by Crippen LogP contribution is -2.49. The van der Waals surface area contributed by atoms with Crippen LogP contribution < -0.4 is 21.7 Å². The van der Waals surface area contributed by atoms with Gasteiger partial charge in [0.2, 0.25) is 5.91 Å². The normalized spacial score (nSPS) is 15.0. The van der Waals surface area contributed by atoms with Gasteiger partial charge in [-0.25, -0.2) is 8.78 Å². The first-order valence-electron chi connectivity index (χ1n) is 11.0. The smallest absolute Gasteiger partial charge is 0.397 e. The van der Waals surface area contributed by atoms with Crippen LogP contribution in [0.15, 0.2) is 48.9 Å². The summed E-state index contributed by atoms with van der Waals surface area (Å²) in [5, 5.41) is 7.46. The molecule has 1 aliphatic carbocycles. The minimum Gasteiger partial charge on any atom is -0.397 e. The van der Waals surface area contributed by atoms with Gasteiger partial charge in [-0.2, -0.15) is 13.2 Å². The number of para-hydroxylation sites is 1. The summed E-state index contributed by atoms with van der Waals surface area (Å²) in [5.41, 5.74) is 2.34. The van der Waals surface area contributed by atoms with E-state index in [1.54, 1.807) is 0 Å². The van der Waals surface area contributed by atoms with Gasteiger partial charge in [0.05, 0.1) is 46.1 Å². The van der Waals surface area contributed by atoms with Crippen molar-refractivity contribution in [3.8, 4) is 0 Å². The zero-order valence-electron chi connectivity index (χ0n) is 19.3. The van der Waals surface area contributed by atoms with Gasteiger partial charge in [0.15, 0.2) is 0 Å². The number of amides is 2. The predicted octanol–water partition coefficient (Wildman–Crippen LogP) is 4.24. The number of carbonyl (C=O) groups excluding carboxylic acids is 2. The first kappa shape index (κ1) is 25.8. The molecule has 2 aromatic heterocycles. The number of nitrogen functional groups attached to an aromatic ring is 1. The van der Waals surface area contributed by atoms with E-state index in [1.165, 1.54) is 25.4 Å². The highest BCUT2D eigenvalue weighted by atomic mass is 19.4. The average molecular weight is 520 g/mol. The molecule has 1 unspecified atom stereocenters. The number of nitrogens with one attached hydrogen (secondary N) is 3. The number of halogens is 5. The Morgan fingerprint density at radius 3 is 2.43 bits per heavy atom. The fourth-order valence-corrected chi connectivity index (χ4v) is 3.68. The Kier molecular flexibility index (Phi) is 6.72. The van der Waals surface area contributed by atoms with Crippen molar-refractivity contribution in [3.63, 3.8) is 0 Å². The van der Waals surface area contributed by atoms with E-state index in [9.17, 15) is 31.5 Å². The maximum Gasteiger partial charge on any atom is 0.418 e. The molecule has 37 heavy (non-hydrogen) atoms. The summed E-state index contributed by atoms with van der Waals surface area (Å²) in [6, 6.07) is 3.74. The zero-order valence-corrected chi connectivity index (χ0v) is 19.3. The van der Waals surface area contributed by atoms with E-state index in [0.717, 1.165) is 24.4 Å². The van der Waals surface area contributed by atoms with Gasteiger partial charge in [0.25, 0.3) is 5.91 Å². The molecule has 0 saturated heterocycles. The van der Waals surface area contributed by atoms with Gasteiger partial charge in [0, 0.05) is 18.5 Å². The van der Waals surface area contributed by atoms with E-state index in [4.69, 9.17) is 5.73 Å². The molecule has 1 aromatic carbocycles. The van der Waals surface area contributed by atoms with Crippen LogP contribution in [0.25, 0.3) is 0 Å². The Labute approximate surface area is 207 Å². The molecule has 0 radical (unpaired) electrons. The van der Waals surface area contributed by atoms with E-state index in [2.05, 4.69) is 25.9 Å². The second-order valence-electron chi connectivity index (χ2n) is 8.61. The topological polar surface area (TPSA) is 122 Å². The van der Waals surface area contributed by atoms with Crippen LogP contribution in [0.5, 0.6) is 0 Å². The third-order valence-electron chi connectivity index (χ3n) is 5.77. The number of alkyl halides is 3. The summed E-state index contributed by atoms with van der Waals surface area (Å²) in [4.78, 5) is 33.1. The lowest BCUT2D eigenvalue weighted by atomic mass is 10.1. The van der Waals surface area contributed by atoms with Crippen molar-refractivity contribution in [1.82, 2.24) is 20.6 Å². The first-order chi connectivity index (χ1) is 17.4. The Bertz CT molecular complexity index is 1360. The second kappa shape index (κ2) is 9.64. The van der Waals surface area contributed by atoms with Crippen molar-refractivity contribution in [3.05, 3.63) is 77.4 Å². The molecule has 3 aromatic rings. The van der Waals surface area contributed by atoms with Crippen LogP contribution in [0.3, 0.4) is 0 Å². The summed E-state index contributed by atoms with van der Waals surface area (Å²) in [6.45, 7) is 1.45. The molecular formula is C24H21F5N6O2. The highest BCUT2D eigenvalue weighted by molar-refractivity contribution is 6.01. The quantitative estimate of drug-likeness (QED) is 0.346. The molecule has 0 spiro atoms. The summed E-state index contributed by atoms with van der Waals surface area (Å²) in [7, 11) is 0. The number of hydrogen-bond donors (Lipinski definition) is 4. The molecule has 8 nitrogen and oxygen atoms in total. The van der Waals surface area contributed by atoms with Crippen LogP contribution in [-0.4, -0.2) is 27.3 Å². The summed E-state index contributed by atoms with van der Waals surface area (Å²) >= 11 is 0. The van der Waals surface area contributed by atoms with Crippen LogP contribution in [-0.2, 0) is 11.0 Å². The molecule has 5 N–H and O–H groups in total.